The lowest BCUT2D eigenvalue weighted by Gasteiger charge is -2.26. The Bertz CT molecular complexity index is 649. The predicted octanol–water partition coefficient (Wildman–Crippen LogP) is 3.12. The smallest absolute Gasteiger partial charge is 0.317 e. The lowest BCUT2D eigenvalue weighted by atomic mass is 10.2. The molecule has 2 N–H and O–H groups in total. The number of amides is 2. The highest BCUT2D eigenvalue weighted by atomic mass is 35.5. The second-order valence-corrected chi connectivity index (χ2v) is 6.83. The van der Waals surface area contributed by atoms with E-state index >= 15 is 0 Å². The van der Waals surface area contributed by atoms with Crippen LogP contribution in [0.3, 0.4) is 0 Å². The summed E-state index contributed by atoms with van der Waals surface area (Å²) in [5.74, 6) is 6.33. The summed E-state index contributed by atoms with van der Waals surface area (Å²) in [7, 11) is 0. The molecule has 1 aliphatic rings. The van der Waals surface area contributed by atoms with Crippen LogP contribution in [0.15, 0.2) is 12.3 Å². The van der Waals surface area contributed by atoms with Gasteiger partial charge in [-0.05, 0) is 32.8 Å². The molecule has 2 amide bonds. The monoisotopic (exact) mass is 378 g/mol. The third kappa shape index (κ3) is 7.11. The van der Waals surface area contributed by atoms with Crippen LogP contribution in [0.1, 0.15) is 38.7 Å². The molecule has 26 heavy (non-hydrogen) atoms. The molecule has 1 aliphatic heterocycles. The summed E-state index contributed by atoms with van der Waals surface area (Å²) in [6, 6.07) is 2.09. The number of morpholine rings is 1. The molecule has 0 atom stereocenters. The SMILES string of the molecule is CC(C)Nc1cc(Cl)ncc1C#CCCCCNC(=O)N1CCOCC1. The normalized spacial score (nSPS) is 13.9. The molecule has 0 aromatic carbocycles. The summed E-state index contributed by atoms with van der Waals surface area (Å²) < 4.78 is 5.24. The number of anilines is 1. The van der Waals surface area contributed by atoms with E-state index in [1.165, 1.54) is 0 Å². The highest BCUT2D eigenvalue weighted by molar-refractivity contribution is 6.29. The molecule has 142 valence electrons. The first-order valence-corrected chi connectivity index (χ1v) is 9.45. The maximum absolute atomic E-state index is 11.9. The number of hydrogen-bond acceptors (Lipinski definition) is 4. The minimum atomic E-state index is -0.00368. The van der Waals surface area contributed by atoms with Crippen LogP contribution >= 0.6 is 11.6 Å². The molecule has 0 spiro atoms. The molecule has 0 saturated carbocycles. The maximum Gasteiger partial charge on any atom is 0.317 e. The summed E-state index contributed by atoms with van der Waals surface area (Å²) >= 11 is 5.96. The number of carbonyl (C=O) groups is 1. The first kappa shape index (κ1) is 20.3. The topological polar surface area (TPSA) is 66.5 Å². The Balaban J connectivity index is 1.69. The third-order valence-electron chi connectivity index (χ3n) is 3.84. The fourth-order valence-electron chi connectivity index (χ4n) is 2.53. The highest BCUT2D eigenvalue weighted by Crippen LogP contribution is 2.18. The van der Waals surface area contributed by atoms with Crippen LogP contribution < -0.4 is 10.6 Å². The zero-order chi connectivity index (χ0) is 18.8. The van der Waals surface area contributed by atoms with Gasteiger partial charge in [0.2, 0.25) is 0 Å². The molecule has 1 saturated heterocycles. The average Bonchev–Trinajstić information content (AvgIpc) is 2.62. The van der Waals surface area contributed by atoms with Gasteiger partial charge >= 0.3 is 6.03 Å². The number of pyridine rings is 1. The van der Waals surface area contributed by atoms with Crippen LogP contribution in [0.4, 0.5) is 10.5 Å². The minimum absolute atomic E-state index is 0.00368. The van der Waals surface area contributed by atoms with E-state index in [0.717, 1.165) is 30.5 Å². The van der Waals surface area contributed by atoms with Crippen molar-refractivity contribution < 1.29 is 9.53 Å². The van der Waals surface area contributed by atoms with E-state index < -0.39 is 0 Å². The third-order valence-corrected chi connectivity index (χ3v) is 4.05. The number of ether oxygens (including phenoxy) is 1. The van der Waals surface area contributed by atoms with Gasteiger partial charge in [-0.2, -0.15) is 0 Å². The molecular weight excluding hydrogens is 352 g/mol. The van der Waals surface area contributed by atoms with Gasteiger partial charge in [-0.25, -0.2) is 9.78 Å². The molecule has 0 bridgehead atoms. The second-order valence-electron chi connectivity index (χ2n) is 6.44. The quantitative estimate of drug-likeness (QED) is 0.453. The largest absolute Gasteiger partial charge is 0.382 e. The molecule has 0 radical (unpaired) electrons. The number of unbranched alkanes of at least 4 members (excludes halogenated alkanes) is 2. The van der Waals surface area contributed by atoms with Crippen LogP contribution in [0.25, 0.3) is 0 Å². The van der Waals surface area contributed by atoms with Gasteiger partial charge in [0.05, 0.1) is 24.5 Å². The van der Waals surface area contributed by atoms with Gasteiger partial charge in [0.25, 0.3) is 0 Å². The zero-order valence-corrected chi connectivity index (χ0v) is 16.2. The van der Waals surface area contributed by atoms with Gasteiger partial charge in [-0.1, -0.05) is 23.4 Å². The lowest BCUT2D eigenvalue weighted by molar-refractivity contribution is 0.0532. The van der Waals surface area contributed by atoms with Crippen LogP contribution in [0, 0.1) is 11.8 Å². The molecule has 0 aliphatic carbocycles. The number of halogens is 1. The van der Waals surface area contributed by atoms with Crippen molar-refractivity contribution in [1.29, 1.82) is 0 Å². The van der Waals surface area contributed by atoms with E-state index in [0.29, 0.717) is 44.0 Å². The first-order valence-electron chi connectivity index (χ1n) is 9.07. The molecule has 1 fully saturated rings. The minimum Gasteiger partial charge on any atom is -0.382 e. The number of hydrogen-bond donors (Lipinski definition) is 2. The number of rotatable bonds is 6. The van der Waals surface area contributed by atoms with Crippen molar-refractivity contribution in [2.75, 3.05) is 38.2 Å². The number of carbonyl (C=O) groups excluding carboxylic acids is 1. The van der Waals surface area contributed by atoms with Crippen molar-refractivity contribution in [3.8, 4) is 11.8 Å². The van der Waals surface area contributed by atoms with E-state index in [9.17, 15) is 4.79 Å². The summed E-state index contributed by atoms with van der Waals surface area (Å²) in [6.45, 7) is 7.37. The van der Waals surface area contributed by atoms with Gasteiger partial charge in [0.15, 0.2) is 0 Å². The van der Waals surface area contributed by atoms with Crippen molar-refractivity contribution in [2.45, 2.75) is 39.2 Å². The lowest BCUT2D eigenvalue weighted by Crippen LogP contribution is -2.46. The number of nitrogens with one attached hydrogen (secondary N) is 2. The Kier molecular flexibility index (Phi) is 8.52. The average molecular weight is 379 g/mol. The Morgan fingerprint density at radius 2 is 2.15 bits per heavy atom. The van der Waals surface area contributed by atoms with Gasteiger partial charge < -0.3 is 20.3 Å². The van der Waals surface area contributed by atoms with Gasteiger partial charge in [-0.3, -0.25) is 0 Å². The van der Waals surface area contributed by atoms with E-state index in [1.54, 1.807) is 17.2 Å². The molecule has 7 heteroatoms. The van der Waals surface area contributed by atoms with E-state index in [2.05, 4.69) is 41.3 Å². The molecule has 2 heterocycles. The van der Waals surface area contributed by atoms with Gasteiger partial charge in [0.1, 0.15) is 5.15 Å². The Hall–Kier alpha value is -1.97. The van der Waals surface area contributed by atoms with Crippen molar-refractivity contribution in [3.05, 3.63) is 23.0 Å². The molecule has 0 unspecified atom stereocenters. The molecule has 6 nitrogen and oxygen atoms in total. The summed E-state index contributed by atoms with van der Waals surface area (Å²) in [5, 5.41) is 6.73. The van der Waals surface area contributed by atoms with E-state index in [4.69, 9.17) is 16.3 Å². The zero-order valence-electron chi connectivity index (χ0n) is 15.5. The fraction of sp³-hybridized carbons (Fsp3) is 0.579. The number of urea groups is 1. The highest BCUT2D eigenvalue weighted by Gasteiger charge is 2.15. The van der Waals surface area contributed by atoms with E-state index in [-0.39, 0.29) is 6.03 Å². The van der Waals surface area contributed by atoms with Crippen LogP contribution in [0.5, 0.6) is 0 Å². The van der Waals surface area contributed by atoms with Crippen LogP contribution in [0.2, 0.25) is 5.15 Å². The maximum atomic E-state index is 11.9. The molecule has 1 aromatic rings. The Morgan fingerprint density at radius 3 is 2.88 bits per heavy atom. The molecular formula is C19H27ClN4O2. The predicted molar refractivity (Wildman–Crippen MR) is 105 cm³/mol. The van der Waals surface area contributed by atoms with Crippen molar-refractivity contribution >= 4 is 23.3 Å². The van der Waals surface area contributed by atoms with Crippen molar-refractivity contribution in [1.82, 2.24) is 15.2 Å². The van der Waals surface area contributed by atoms with Gasteiger partial charge in [0, 0.05) is 38.3 Å². The first-order chi connectivity index (χ1) is 12.6. The fourth-order valence-corrected chi connectivity index (χ4v) is 2.69. The molecule has 1 aromatic heterocycles. The Labute approximate surface area is 160 Å². The summed E-state index contributed by atoms with van der Waals surface area (Å²) in [4.78, 5) is 17.8. The van der Waals surface area contributed by atoms with Crippen LogP contribution in [-0.4, -0.2) is 54.8 Å². The van der Waals surface area contributed by atoms with E-state index in [1.807, 2.05) is 0 Å². The van der Waals surface area contributed by atoms with Crippen molar-refractivity contribution in [3.63, 3.8) is 0 Å². The van der Waals surface area contributed by atoms with Gasteiger partial charge in [-0.15, -0.1) is 0 Å². The molecule has 2 rings (SSSR count). The summed E-state index contributed by atoms with van der Waals surface area (Å²) in [5.41, 5.74) is 1.76. The number of nitrogens with zero attached hydrogens (tertiary/aromatic N) is 2. The number of aromatic nitrogens is 1. The van der Waals surface area contributed by atoms with Crippen LogP contribution in [-0.2, 0) is 4.74 Å². The summed E-state index contributed by atoms with van der Waals surface area (Å²) in [6.07, 6.45) is 4.31. The van der Waals surface area contributed by atoms with Crippen molar-refractivity contribution in [2.24, 2.45) is 0 Å². The Morgan fingerprint density at radius 1 is 1.38 bits per heavy atom. The second kappa shape index (κ2) is 10.9. The standard InChI is InChI=1S/C19H27ClN4O2/c1-15(2)23-17-13-18(20)22-14-16(17)7-5-3-4-6-8-21-19(25)24-9-11-26-12-10-24/h13-15H,3-4,6,8-12H2,1-2H3,(H,21,25)(H,22,23).